The average molecular weight is 349 g/mol. The van der Waals surface area contributed by atoms with Gasteiger partial charge in [-0.1, -0.05) is 23.7 Å². The third-order valence-electron chi connectivity index (χ3n) is 3.72. The van der Waals surface area contributed by atoms with Crippen molar-refractivity contribution in [1.82, 2.24) is 10.3 Å². The number of carbonyl (C=O) groups is 1. The average Bonchev–Trinajstić information content (AvgIpc) is 2.60. The molecule has 5 nitrogen and oxygen atoms in total. The molecule has 1 heterocycles. The van der Waals surface area contributed by atoms with Crippen molar-refractivity contribution in [3.05, 3.63) is 58.9 Å². The molecule has 2 unspecified atom stereocenters. The first-order chi connectivity index (χ1) is 11.5. The molecule has 2 rings (SSSR count). The molecule has 128 valence electrons. The number of hydrogen-bond donors (Lipinski definition) is 2. The molecule has 1 aromatic carbocycles. The van der Waals surface area contributed by atoms with Gasteiger partial charge in [-0.2, -0.15) is 0 Å². The molecule has 1 aromatic heterocycles. The molecule has 2 aromatic rings. The number of aliphatic hydroxyl groups is 1. The zero-order chi connectivity index (χ0) is 17.5. The molecular formula is C18H21ClN2O3. The number of rotatable bonds is 7. The lowest BCUT2D eigenvalue weighted by Gasteiger charge is -2.20. The van der Waals surface area contributed by atoms with Crippen molar-refractivity contribution >= 4 is 17.5 Å². The highest BCUT2D eigenvalue weighted by Gasteiger charge is 2.18. The number of carbonyl (C=O) groups excluding carboxylic acids is 1. The zero-order valence-electron chi connectivity index (χ0n) is 13.7. The van der Waals surface area contributed by atoms with Crippen LogP contribution < -0.4 is 10.1 Å². The number of methoxy groups -OCH3 is 1. The predicted molar refractivity (Wildman–Crippen MR) is 93.1 cm³/mol. The minimum atomic E-state index is -0.787. The molecule has 0 saturated heterocycles. The van der Waals surface area contributed by atoms with Crippen LogP contribution in [0.1, 0.15) is 30.6 Å². The van der Waals surface area contributed by atoms with Crippen molar-refractivity contribution in [2.24, 2.45) is 0 Å². The Morgan fingerprint density at radius 2 is 2.04 bits per heavy atom. The number of aromatic nitrogens is 1. The van der Waals surface area contributed by atoms with Gasteiger partial charge in [-0.3, -0.25) is 9.78 Å². The number of halogens is 1. The summed E-state index contributed by atoms with van der Waals surface area (Å²) >= 11 is 5.84. The number of hydrogen-bond acceptors (Lipinski definition) is 4. The van der Waals surface area contributed by atoms with Crippen LogP contribution in [0.5, 0.6) is 5.75 Å². The van der Waals surface area contributed by atoms with Crippen molar-refractivity contribution in [3.63, 3.8) is 0 Å². The highest BCUT2D eigenvalue weighted by Crippen LogP contribution is 2.19. The summed E-state index contributed by atoms with van der Waals surface area (Å²) in [7, 11) is 1.58. The topological polar surface area (TPSA) is 71.5 Å². The van der Waals surface area contributed by atoms with E-state index in [9.17, 15) is 9.90 Å². The monoisotopic (exact) mass is 348 g/mol. The summed E-state index contributed by atoms with van der Waals surface area (Å²) in [6.45, 7) is 1.77. The fourth-order valence-corrected chi connectivity index (χ4v) is 2.45. The fraction of sp³-hybridized carbons (Fsp3) is 0.333. The molecule has 0 bridgehead atoms. The molecule has 1 amide bonds. The molecule has 24 heavy (non-hydrogen) atoms. The third-order valence-corrected chi connectivity index (χ3v) is 3.97. The molecular weight excluding hydrogens is 328 g/mol. The maximum absolute atomic E-state index is 12.1. The van der Waals surface area contributed by atoms with Crippen LogP contribution in [0.2, 0.25) is 5.02 Å². The molecule has 2 atom stereocenters. The lowest BCUT2D eigenvalue weighted by atomic mass is 10.0. The lowest BCUT2D eigenvalue weighted by Crippen LogP contribution is -2.37. The van der Waals surface area contributed by atoms with Gasteiger partial charge >= 0.3 is 0 Å². The maximum atomic E-state index is 12.1. The van der Waals surface area contributed by atoms with E-state index in [1.807, 2.05) is 6.07 Å². The number of aliphatic hydroxyl groups excluding tert-OH is 1. The number of benzene rings is 1. The predicted octanol–water partition coefficient (Wildman–Crippen LogP) is 2.91. The van der Waals surface area contributed by atoms with Gasteiger partial charge in [-0.15, -0.1) is 0 Å². The third kappa shape index (κ3) is 5.22. The Hall–Kier alpha value is -2.11. The number of nitrogens with one attached hydrogen (secondary N) is 1. The fourth-order valence-electron chi connectivity index (χ4n) is 2.32. The van der Waals surface area contributed by atoms with E-state index in [0.29, 0.717) is 29.2 Å². The van der Waals surface area contributed by atoms with E-state index in [0.717, 1.165) is 5.56 Å². The van der Waals surface area contributed by atoms with Crippen LogP contribution in [0.4, 0.5) is 0 Å². The Morgan fingerprint density at radius 3 is 2.71 bits per heavy atom. The van der Waals surface area contributed by atoms with Crippen molar-refractivity contribution < 1.29 is 14.6 Å². The molecule has 0 fully saturated rings. The second-order valence-electron chi connectivity index (χ2n) is 5.59. The summed E-state index contributed by atoms with van der Waals surface area (Å²) in [6, 6.07) is 8.37. The van der Waals surface area contributed by atoms with E-state index in [4.69, 9.17) is 16.3 Å². The van der Waals surface area contributed by atoms with Crippen LogP contribution in [0, 0.1) is 0 Å². The minimum absolute atomic E-state index is 0.127. The van der Waals surface area contributed by atoms with Gasteiger partial charge in [0.1, 0.15) is 5.75 Å². The Balaban J connectivity index is 1.85. The Bertz CT molecular complexity index is 676. The molecule has 0 aliphatic rings. The van der Waals surface area contributed by atoms with Crippen LogP contribution in [-0.4, -0.2) is 29.1 Å². The van der Waals surface area contributed by atoms with E-state index in [-0.39, 0.29) is 5.91 Å². The van der Waals surface area contributed by atoms with E-state index in [2.05, 4.69) is 10.3 Å². The minimum Gasteiger partial charge on any atom is -0.495 e. The SMILES string of the molecule is COc1cncc(CCC(=O)NC(C)C(O)c2ccc(Cl)cc2)c1. The van der Waals surface area contributed by atoms with Crippen molar-refractivity contribution in [1.29, 1.82) is 0 Å². The van der Waals surface area contributed by atoms with Crippen LogP contribution in [0.15, 0.2) is 42.7 Å². The van der Waals surface area contributed by atoms with Crippen molar-refractivity contribution in [3.8, 4) is 5.75 Å². The van der Waals surface area contributed by atoms with Crippen molar-refractivity contribution in [2.75, 3.05) is 7.11 Å². The first kappa shape index (κ1) is 18.2. The van der Waals surface area contributed by atoms with Crippen LogP contribution >= 0.6 is 11.6 Å². The Morgan fingerprint density at radius 1 is 1.33 bits per heavy atom. The second-order valence-corrected chi connectivity index (χ2v) is 6.02. The van der Waals surface area contributed by atoms with E-state index >= 15 is 0 Å². The molecule has 0 spiro atoms. The van der Waals surface area contributed by atoms with Gasteiger partial charge in [0, 0.05) is 17.6 Å². The van der Waals surface area contributed by atoms with Gasteiger partial charge in [0.15, 0.2) is 0 Å². The Labute approximate surface area is 146 Å². The van der Waals surface area contributed by atoms with Gasteiger partial charge in [0.05, 0.1) is 25.5 Å². The molecule has 6 heteroatoms. The van der Waals surface area contributed by atoms with E-state index in [1.165, 1.54) is 0 Å². The zero-order valence-corrected chi connectivity index (χ0v) is 14.5. The Kier molecular flexibility index (Phi) is 6.58. The molecule has 2 N–H and O–H groups in total. The van der Waals surface area contributed by atoms with Crippen LogP contribution in [0.25, 0.3) is 0 Å². The molecule has 0 aliphatic heterocycles. The van der Waals surface area contributed by atoms with Gasteiger partial charge in [0.2, 0.25) is 5.91 Å². The van der Waals surface area contributed by atoms with Crippen molar-refractivity contribution in [2.45, 2.75) is 31.9 Å². The molecule has 0 radical (unpaired) electrons. The van der Waals surface area contributed by atoms with Gasteiger partial charge in [-0.05, 0) is 42.7 Å². The highest BCUT2D eigenvalue weighted by atomic mass is 35.5. The van der Waals surface area contributed by atoms with Crippen LogP contribution in [-0.2, 0) is 11.2 Å². The largest absolute Gasteiger partial charge is 0.495 e. The number of ether oxygens (including phenoxy) is 1. The maximum Gasteiger partial charge on any atom is 0.220 e. The standard InChI is InChI=1S/C18H21ClN2O3/c1-12(18(23)14-4-6-15(19)7-5-14)21-17(22)8-3-13-9-16(24-2)11-20-10-13/h4-7,9-12,18,23H,3,8H2,1-2H3,(H,21,22). The number of pyridine rings is 1. The van der Waals surface area contributed by atoms with Gasteiger partial charge < -0.3 is 15.2 Å². The number of amides is 1. The van der Waals surface area contributed by atoms with Crippen LogP contribution in [0.3, 0.4) is 0 Å². The molecule has 0 aliphatic carbocycles. The van der Waals surface area contributed by atoms with E-state index in [1.54, 1.807) is 50.7 Å². The second kappa shape index (κ2) is 8.66. The smallest absolute Gasteiger partial charge is 0.220 e. The summed E-state index contributed by atoms with van der Waals surface area (Å²) in [5, 5.41) is 13.7. The quantitative estimate of drug-likeness (QED) is 0.807. The summed E-state index contributed by atoms with van der Waals surface area (Å²) in [5.74, 6) is 0.540. The summed E-state index contributed by atoms with van der Waals surface area (Å²) < 4.78 is 5.11. The summed E-state index contributed by atoms with van der Waals surface area (Å²) in [5.41, 5.74) is 1.64. The lowest BCUT2D eigenvalue weighted by molar-refractivity contribution is -0.122. The van der Waals surface area contributed by atoms with Gasteiger partial charge in [0.25, 0.3) is 0 Å². The van der Waals surface area contributed by atoms with Gasteiger partial charge in [-0.25, -0.2) is 0 Å². The summed E-state index contributed by atoms with van der Waals surface area (Å²) in [6.07, 6.45) is 3.41. The highest BCUT2D eigenvalue weighted by molar-refractivity contribution is 6.30. The first-order valence-corrected chi connectivity index (χ1v) is 8.08. The molecule has 0 saturated carbocycles. The summed E-state index contributed by atoms with van der Waals surface area (Å²) in [4.78, 5) is 16.1. The van der Waals surface area contributed by atoms with E-state index < -0.39 is 12.1 Å². The normalized spacial score (nSPS) is 13.2. The number of aryl methyl sites for hydroxylation is 1. The first-order valence-electron chi connectivity index (χ1n) is 7.70. The number of nitrogens with zero attached hydrogens (tertiary/aromatic N) is 1.